The molecule has 1 aromatic rings. The van der Waals surface area contributed by atoms with Gasteiger partial charge in [-0.05, 0) is 24.6 Å². The summed E-state index contributed by atoms with van der Waals surface area (Å²) in [4.78, 5) is 0. The largest absolute Gasteiger partial charge is 0.397 e. The topological polar surface area (TPSA) is 58.3 Å². The van der Waals surface area contributed by atoms with Crippen LogP contribution in [0.2, 0.25) is 5.02 Å². The zero-order valence-electron chi connectivity index (χ0n) is 7.42. The van der Waals surface area contributed by atoms with Gasteiger partial charge in [-0.3, -0.25) is 0 Å². The van der Waals surface area contributed by atoms with E-state index in [1.807, 2.05) is 6.92 Å². The van der Waals surface area contributed by atoms with Gasteiger partial charge in [-0.1, -0.05) is 18.5 Å². The fourth-order valence-corrected chi connectivity index (χ4v) is 1.13. The maximum absolute atomic E-state index is 9.31. The highest BCUT2D eigenvalue weighted by molar-refractivity contribution is 6.31. The lowest BCUT2D eigenvalue weighted by atomic mass is 10.2. The summed E-state index contributed by atoms with van der Waals surface area (Å²) >= 11 is 5.72. The predicted octanol–water partition coefficient (Wildman–Crippen LogP) is 2.06. The van der Waals surface area contributed by atoms with E-state index in [0.717, 1.165) is 0 Å². The second-order valence-electron chi connectivity index (χ2n) is 2.80. The van der Waals surface area contributed by atoms with Gasteiger partial charge in [0.25, 0.3) is 0 Å². The van der Waals surface area contributed by atoms with Crippen LogP contribution in [-0.2, 0) is 0 Å². The third kappa shape index (κ3) is 2.79. The van der Waals surface area contributed by atoms with Crippen LogP contribution >= 0.6 is 11.6 Å². The molecule has 1 rings (SSSR count). The Balaban J connectivity index is 2.77. The summed E-state index contributed by atoms with van der Waals surface area (Å²) in [5, 5.41) is 12.8. The van der Waals surface area contributed by atoms with E-state index in [4.69, 9.17) is 17.3 Å². The quantitative estimate of drug-likeness (QED) is 0.517. The van der Waals surface area contributed by atoms with Crippen LogP contribution < -0.4 is 11.1 Å². The molecule has 1 aromatic carbocycles. The van der Waals surface area contributed by atoms with E-state index in [0.29, 0.717) is 22.8 Å². The first kappa shape index (κ1) is 10.2. The summed E-state index contributed by atoms with van der Waals surface area (Å²) in [5.41, 5.74) is 6.92. The Morgan fingerprint density at radius 3 is 2.85 bits per heavy atom. The van der Waals surface area contributed by atoms with E-state index < -0.39 is 6.23 Å². The molecule has 4 N–H and O–H groups in total. The Morgan fingerprint density at radius 2 is 2.31 bits per heavy atom. The van der Waals surface area contributed by atoms with Crippen molar-refractivity contribution in [3.05, 3.63) is 23.2 Å². The van der Waals surface area contributed by atoms with Crippen LogP contribution in [0.4, 0.5) is 11.4 Å². The first-order valence-corrected chi connectivity index (χ1v) is 4.51. The van der Waals surface area contributed by atoms with Gasteiger partial charge in [-0.15, -0.1) is 0 Å². The minimum absolute atomic E-state index is 0.542. The van der Waals surface area contributed by atoms with Crippen molar-refractivity contribution in [2.24, 2.45) is 0 Å². The lowest BCUT2D eigenvalue weighted by molar-refractivity contribution is 0.199. The molecule has 0 aliphatic heterocycles. The van der Waals surface area contributed by atoms with Crippen molar-refractivity contribution < 1.29 is 5.11 Å². The fourth-order valence-electron chi connectivity index (χ4n) is 0.947. The number of rotatable bonds is 3. The molecule has 0 spiro atoms. The van der Waals surface area contributed by atoms with Crippen LogP contribution in [0.15, 0.2) is 18.2 Å². The zero-order valence-corrected chi connectivity index (χ0v) is 8.17. The summed E-state index contributed by atoms with van der Waals surface area (Å²) in [7, 11) is 0. The standard InChI is InChI=1S/C9H13ClN2O/c1-2-9(13)12-8-4-3-6(10)5-7(8)11/h3-5,9,12-13H,2,11H2,1H3. The number of halogens is 1. The Kier molecular flexibility index (Phi) is 3.39. The molecule has 4 heteroatoms. The minimum Gasteiger partial charge on any atom is -0.397 e. The maximum Gasteiger partial charge on any atom is 0.124 e. The number of hydrogen-bond acceptors (Lipinski definition) is 3. The number of aliphatic hydroxyl groups is 1. The van der Waals surface area contributed by atoms with E-state index >= 15 is 0 Å². The summed E-state index contributed by atoms with van der Waals surface area (Å²) in [6.45, 7) is 1.88. The molecular weight excluding hydrogens is 188 g/mol. The molecule has 0 aromatic heterocycles. The normalized spacial score (nSPS) is 12.5. The number of nitrogen functional groups attached to an aromatic ring is 1. The molecule has 1 atom stereocenters. The van der Waals surface area contributed by atoms with Gasteiger partial charge < -0.3 is 16.2 Å². The summed E-state index contributed by atoms with van der Waals surface area (Å²) in [6, 6.07) is 5.12. The van der Waals surface area contributed by atoms with Gasteiger partial charge >= 0.3 is 0 Å². The van der Waals surface area contributed by atoms with Crippen molar-refractivity contribution in [3.8, 4) is 0 Å². The molecule has 0 bridgehead atoms. The number of hydrogen-bond donors (Lipinski definition) is 3. The monoisotopic (exact) mass is 200 g/mol. The highest BCUT2D eigenvalue weighted by Crippen LogP contribution is 2.23. The van der Waals surface area contributed by atoms with Gasteiger partial charge in [0, 0.05) is 5.02 Å². The van der Waals surface area contributed by atoms with Crippen LogP contribution in [0.3, 0.4) is 0 Å². The Hall–Kier alpha value is -0.930. The molecule has 0 fully saturated rings. The molecule has 1 unspecified atom stereocenters. The third-order valence-electron chi connectivity index (χ3n) is 1.72. The maximum atomic E-state index is 9.31. The number of anilines is 2. The van der Waals surface area contributed by atoms with Gasteiger partial charge in [-0.25, -0.2) is 0 Å². The van der Waals surface area contributed by atoms with Crippen molar-refractivity contribution in [2.75, 3.05) is 11.1 Å². The van der Waals surface area contributed by atoms with Crippen LogP contribution in [0.25, 0.3) is 0 Å². The van der Waals surface area contributed by atoms with Gasteiger partial charge in [0.2, 0.25) is 0 Å². The number of nitrogens with one attached hydrogen (secondary N) is 1. The summed E-state index contributed by atoms with van der Waals surface area (Å²) < 4.78 is 0. The van der Waals surface area contributed by atoms with Crippen molar-refractivity contribution >= 4 is 23.0 Å². The molecule has 72 valence electrons. The number of nitrogens with two attached hydrogens (primary N) is 1. The second kappa shape index (κ2) is 4.35. The summed E-state index contributed by atoms with van der Waals surface area (Å²) in [5.74, 6) is 0. The van der Waals surface area contributed by atoms with E-state index in [2.05, 4.69) is 5.32 Å². The van der Waals surface area contributed by atoms with Crippen LogP contribution in [0, 0.1) is 0 Å². The Morgan fingerprint density at radius 1 is 1.62 bits per heavy atom. The number of benzene rings is 1. The van der Waals surface area contributed by atoms with Crippen molar-refractivity contribution in [1.82, 2.24) is 0 Å². The average Bonchev–Trinajstić information content (AvgIpc) is 2.09. The lowest BCUT2D eigenvalue weighted by Gasteiger charge is -2.13. The van der Waals surface area contributed by atoms with Crippen molar-refractivity contribution in [3.63, 3.8) is 0 Å². The van der Waals surface area contributed by atoms with Crippen LogP contribution in [0.5, 0.6) is 0 Å². The van der Waals surface area contributed by atoms with Crippen molar-refractivity contribution in [2.45, 2.75) is 19.6 Å². The van der Waals surface area contributed by atoms with Gasteiger partial charge in [0.15, 0.2) is 0 Å². The molecule has 3 nitrogen and oxygen atoms in total. The van der Waals surface area contributed by atoms with E-state index in [1.165, 1.54) is 0 Å². The molecule has 0 aliphatic rings. The highest BCUT2D eigenvalue weighted by Gasteiger charge is 2.03. The molecule has 0 radical (unpaired) electrons. The number of aliphatic hydroxyl groups excluding tert-OH is 1. The molecule has 0 amide bonds. The second-order valence-corrected chi connectivity index (χ2v) is 3.24. The first-order chi connectivity index (χ1) is 6.13. The van der Waals surface area contributed by atoms with E-state index in [9.17, 15) is 5.11 Å². The van der Waals surface area contributed by atoms with Gasteiger partial charge in [-0.2, -0.15) is 0 Å². The zero-order chi connectivity index (χ0) is 9.84. The van der Waals surface area contributed by atoms with E-state index in [-0.39, 0.29) is 0 Å². The highest BCUT2D eigenvalue weighted by atomic mass is 35.5. The molecule has 13 heavy (non-hydrogen) atoms. The molecule has 0 heterocycles. The smallest absolute Gasteiger partial charge is 0.124 e. The summed E-state index contributed by atoms with van der Waals surface area (Å²) in [6.07, 6.45) is 0.0608. The van der Waals surface area contributed by atoms with Crippen molar-refractivity contribution in [1.29, 1.82) is 0 Å². The van der Waals surface area contributed by atoms with E-state index in [1.54, 1.807) is 18.2 Å². The third-order valence-corrected chi connectivity index (χ3v) is 1.96. The molecule has 0 saturated heterocycles. The molecule has 0 saturated carbocycles. The average molecular weight is 201 g/mol. The molecular formula is C9H13ClN2O. The fraction of sp³-hybridized carbons (Fsp3) is 0.333. The van der Waals surface area contributed by atoms with Gasteiger partial charge in [0.1, 0.15) is 6.23 Å². The van der Waals surface area contributed by atoms with Crippen LogP contribution in [-0.4, -0.2) is 11.3 Å². The predicted molar refractivity (Wildman–Crippen MR) is 55.8 cm³/mol. The minimum atomic E-state index is -0.566. The molecule has 0 aliphatic carbocycles. The Labute approximate surface area is 82.5 Å². The Bertz CT molecular complexity index is 291. The van der Waals surface area contributed by atoms with Gasteiger partial charge in [0.05, 0.1) is 11.4 Å². The SMILES string of the molecule is CCC(O)Nc1ccc(Cl)cc1N. The van der Waals surface area contributed by atoms with Crippen LogP contribution in [0.1, 0.15) is 13.3 Å². The lowest BCUT2D eigenvalue weighted by Crippen LogP contribution is -2.17. The first-order valence-electron chi connectivity index (χ1n) is 4.13.